The van der Waals surface area contributed by atoms with Crippen LogP contribution in [-0.4, -0.2) is 55.4 Å². The molecule has 31 heavy (non-hydrogen) atoms. The summed E-state index contributed by atoms with van der Waals surface area (Å²) in [5, 5.41) is 23.8. The summed E-state index contributed by atoms with van der Waals surface area (Å²) in [5.41, 5.74) is 2.33. The fraction of sp³-hybridized carbons (Fsp3) is 0.348. The molecule has 4 rings (SSSR count). The van der Waals surface area contributed by atoms with Crippen molar-refractivity contribution < 1.29 is 19.3 Å². The van der Waals surface area contributed by atoms with Gasteiger partial charge in [-0.2, -0.15) is 10.6 Å². The summed E-state index contributed by atoms with van der Waals surface area (Å²) in [6.07, 6.45) is 0. The number of rotatable bonds is 5. The molecule has 0 amide bonds. The molecule has 0 radical (unpaired) electrons. The van der Waals surface area contributed by atoms with E-state index < -0.39 is 16.2 Å². The Morgan fingerprint density at radius 3 is 2.71 bits per heavy atom. The van der Waals surface area contributed by atoms with Crippen LogP contribution in [0.1, 0.15) is 18.1 Å². The van der Waals surface area contributed by atoms with Crippen molar-refractivity contribution >= 4 is 33.0 Å². The number of aliphatic hydroxyl groups is 2. The number of pyridine rings is 1. The minimum atomic E-state index is -2.86. The lowest BCUT2D eigenvalue weighted by molar-refractivity contribution is 0.0132. The molecule has 0 saturated carbocycles. The third-order valence-electron chi connectivity index (χ3n) is 5.61. The Hall–Kier alpha value is -2.36. The van der Waals surface area contributed by atoms with E-state index in [9.17, 15) is 19.3 Å². The fourth-order valence-corrected chi connectivity index (χ4v) is 5.30. The molecule has 0 fully saturated rings. The first-order valence-corrected chi connectivity index (χ1v) is 12.0. The molecule has 8 heteroatoms. The molecule has 2 aromatic carbocycles. The summed E-state index contributed by atoms with van der Waals surface area (Å²) < 4.78 is 21.3. The van der Waals surface area contributed by atoms with E-state index in [-0.39, 0.29) is 18.9 Å². The Kier molecular flexibility index (Phi) is 5.85. The highest BCUT2D eigenvalue weighted by molar-refractivity contribution is 8.24. The van der Waals surface area contributed by atoms with Crippen molar-refractivity contribution in [2.45, 2.75) is 30.9 Å². The van der Waals surface area contributed by atoms with Crippen molar-refractivity contribution in [2.24, 2.45) is 0 Å². The largest absolute Gasteiger partial charge is 0.393 e. The second kappa shape index (κ2) is 8.29. The summed E-state index contributed by atoms with van der Waals surface area (Å²) in [7, 11) is -2.86. The average molecular weight is 444 g/mol. The molecular weight excluding hydrogens is 414 g/mol. The van der Waals surface area contributed by atoms with Crippen LogP contribution in [0.25, 0.3) is 10.9 Å². The van der Waals surface area contributed by atoms with E-state index in [1.807, 2.05) is 49.4 Å². The van der Waals surface area contributed by atoms with E-state index in [1.54, 1.807) is 13.0 Å². The predicted octanol–water partition coefficient (Wildman–Crippen LogP) is 3.83. The molecule has 2 heterocycles. The van der Waals surface area contributed by atoms with E-state index in [2.05, 4.69) is 10.2 Å². The van der Waals surface area contributed by atoms with Crippen LogP contribution in [0.4, 0.5) is 11.5 Å². The van der Waals surface area contributed by atoms with Crippen LogP contribution in [0.5, 0.6) is 0 Å². The van der Waals surface area contributed by atoms with Gasteiger partial charge in [0.25, 0.3) is 0 Å². The Morgan fingerprint density at radius 2 is 1.94 bits per heavy atom. The number of anilines is 2. The Balaban J connectivity index is 1.75. The molecule has 166 valence electrons. The van der Waals surface area contributed by atoms with Gasteiger partial charge in [0.1, 0.15) is 11.4 Å². The van der Waals surface area contributed by atoms with E-state index >= 15 is 0 Å². The molecular formula is C23H29N3O4S. The Labute approximate surface area is 183 Å². The van der Waals surface area contributed by atoms with E-state index in [0.29, 0.717) is 18.0 Å². The minimum Gasteiger partial charge on any atom is -0.393 e. The number of nitrogens with one attached hydrogen (secondary N) is 1. The van der Waals surface area contributed by atoms with Crippen molar-refractivity contribution in [3.8, 4) is 0 Å². The number of aliphatic hydroxyl groups excluding tert-OH is 1. The second-order valence-electron chi connectivity index (χ2n) is 8.46. The first-order chi connectivity index (χ1) is 14.7. The predicted molar refractivity (Wildman–Crippen MR) is 126 cm³/mol. The third kappa shape index (κ3) is 4.63. The first-order valence-electron chi connectivity index (χ1n) is 10.3. The number of nitrogens with zero attached hydrogens (tertiary/aromatic N) is 2. The maximum absolute atomic E-state index is 10.7. The quantitative estimate of drug-likeness (QED) is 0.408. The Bertz CT molecular complexity index is 1100. The summed E-state index contributed by atoms with van der Waals surface area (Å²) in [6, 6.07) is 15.4. The van der Waals surface area contributed by atoms with Crippen molar-refractivity contribution in [2.75, 3.05) is 35.7 Å². The van der Waals surface area contributed by atoms with Gasteiger partial charge in [-0.1, -0.05) is 29.8 Å². The van der Waals surface area contributed by atoms with E-state index in [1.165, 1.54) is 0 Å². The number of aryl methyl sites for hydroxylation is 1. The average Bonchev–Trinajstić information content (AvgIpc) is 2.88. The van der Waals surface area contributed by atoms with Gasteiger partial charge in [0.2, 0.25) is 0 Å². The van der Waals surface area contributed by atoms with Crippen LogP contribution in [-0.2, 0) is 6.54 Å². The zero-order chi connectivity index (χ0) is 22.2. The van der Waals surface area contributed by atoms with Crippen LogP contribution in [0, 0.1) is 6.92 Å². The highest BCUT2D eigenvalue weighted by Gasteiger charge is 2.27. The van der Waals surface area contributed by atoms with Gasteiger partial charge in [0, 0.05) is 36.8 Å². The number of fused-ring (bicyclic) bond motifs is 2. The van der Waals surface area contributed by atoms with Crippen LogP contribution in [0.3, 0.4) is 0 Å². The highest BCUT2D eigenvalue weighted by Crippen LogP contribution is 2.51. The molecule has 1 aliphatic heterocycles. The lowest BCUT2D eigenvalue weighted by Crippen LogP contribution is -2.37. The molecule has 5 N–H and O–H groups in total. The number of hydrogen-bond donors (Lipinski definition) is 5. The molecule has 0 bridgehead atoms. The summed E-state index contributed by atoms with van der Waals surface area (Å²) >= 11 is 0. The monoisotopic (exact) mass is 443 g/mol. The Morgan fingerprint density at radius 1 is 1.16 bits per heavy atom. The van der Waals surface area contributed by atoms with Gasteiger partial charge in [-0.05, 0) is 37.6 Å². The zero-order valence-electron chi connectivity index (χ0n) is 17.7. The highest BCUT2D eigenvalue weighted by atomic mass is 32.3. The van der Waals surface area contributed by atoms with Crippen molar-refractivity contribution in [3.63, 3.8) is 0 Å². The van der Waals surface area contributed by atoms with Gasteiger partial charge in [0.15, 0.2) is 0 Å². The van der Waals surface area contributed by atoms with Gasteiger partial charge in [-0.25, -0.2) is 4.98 Å². The standard InChI is InChI=1S/C23H29N3O4S/c1-16-7-8-19-18(11-16)20(24-14-23(2,28)15-27)12-22(25-19)26-9-10-31(29,30)21-6-4-3-5-17(21)13-26/h3-8,11-12,27-30H,9-10,13-15H2,1-2H3,(H,24,25). The lowest BCUT2D eigenvalue weighted by Gasteiger charge is -2.32. The van der Waals surface area contributed by atoms with Crippen molar-refractivity contribution in [1.29, 1.82) is 0 Å². The van der Waals surface area contributed by atoms with E-state index in [4.69, 9.17) is 4.98 Å². The van der Waals surface area contributed by atoms with Crippen molar-refractivity contribution in [1.82, 2.24) is 4.98 Å². The van der Waals surface area contributed by atoms with Crippen LogP contribution in [0.15, 0.2) is 53.4 Å². The number of hydrogen-bond acceptors (Lipinski definition) is 7. The van der Waals surface area contributed by atoms with Gasteiger partial charge >= 0.3 is 0 Å². The van der Waals surface area contributed by atoms with Gasteiger partial charge in [-0.15, -0.1) is 0 Å². The molecule has 1 aromatic heterocycles. The molecule has 1 atom stereocenters. The molecule has 0 spiro atoms. The normalized spacial score (nSPS) is 18.7. The zero-order valence-corrected chi connectivity index (χ0v) is 18.6. The molecule has 1 aliphatic rings. The van der Waals surface area contributed by atoms with E-state index in [0.717, 1.165) is 33.5 Å². The molecule has 1 unspecified atom stereocenters. The van der Waals surface area contributed by atoms with Crippen molar-refractivity contribution in [3.05, 3.63) is 59.7 Å². The topological polar surface area (TPSA) is 109 Å². The van der Waals surface area contributed by atoms with Gasteiger partial charge < -0.3 is 20.4 Å². The third-order valence-corrected chi connectivity index (χ3v) is 7.46. The van der Waals surface area contributed by atoms with Gasteiger partial charge in [-0.3, -0.25) is 9.11 Å². The molecule has 3 aromatic rings. The van der Waals surface area contributed by atoms with Crippen LogP contribution >= 0.6 is 10.6 Å². The fourth-order valence-electron chi connectivity index (χ4n) is 3.76. The number of aromatic nitrogens is 1. The van der Waals surface area contributed by atoms with Crippen LogP contribution in [0.2, 0.25) is 0 Å². The summed E-state index contributed by atoms with van der Waals surface area (Å²) in [6.45, 7) is 4.39. The smallest absolute Gasteiger partial charge is 0.131 e. The lowest BCUT2D eigenvalue weighted by atomic mass is 10.1. The van der Waals surface area contributed by atoms with Gasteiger partial charge in [0.05, 0.1) is 22.8 Å². The summed E-state index contributed by atoms with van der Waals surface area (Å²) in [4.78, 5) is 7.50. The maximum Gasteiger partial charge on any atom is 0.131 e. The van der Waals surface area contributed by atoms with Crippen LogP contribution < -0.4 is 10.2 Å². The first kappa shape index (κ1) is 21.9. The summed E-state index contributed by atoms with van der Waals surface area (Å²) in [5.74, 6) is 0.953. The second-order valence-corrected chi connectivity index (χ2v) is 10.6. The maximum atomic E-state index is 10.7. The SMILES string of the molecule is Cc1ccc2nc(N3CCS(O)(O)c4ccccc4C3)cc(NCC(C)(O)CO)c2c1. The molecule has 7 nitrogen and oxygen atoms in total. The molecule has 0 aliphatic carbocycles. The molecule has 0 saturated heterocycles. The number of benzene rings is 2. The minimum absolute atomic E-state index is 0.180.